The Morgan fingerprint density at radius 2 is 1.50 bits per heavy atom. The summed E-state index contributed by atoms with van der Waals surface area (Å²) in [6.45, 7) is 16.5. The van der Waals surface area contributed by atoms with Crippen LogP contribution in [0, 0.1) is 31.0 Å². The molecule has 7 nitrogen and oxygen atoms in total. The molecule has 1 N–H and O–H groups in total. The predicted octanol–water partition coefficient (Wildman–Crippen LogP) is 8.79. The lowest BCUT2D eigenvalue weighted by Gasteiger charge is -2.41. The van der Waals surface area contributed by atoms with Gasteiger partial charge in [-0.1, -0.05) is 63.1 Å². The number of carbonyl (C=O) groups excluding carboxylic acids is 1. The molecule has 0 radical (unpaired) electrons. The van der Waals surface area contributed by atoms with E-state index in [4.69, 9.17) is 9.72 Å². The SMILES string of the molecule is Cc1nc(C)c([C@H](OC(C)(C)C)C(=O)O)c(N2CCC(C)(C)CC2)c1-c1ccc(CN(Cc2ccc(F)cc2)C(=O)C2CCCC2)cc1. The van der Waals surface area contributed by atoms with Gasteiger partial charge in [-0.05, 0) is 94.5 Å². The molecule has 2 heterocycles. The number of carbonyl (C=O) groups is 2. The van der Waals surface area contributed by atoms with Gasteiger partial charge in [0.15, 0.2) is 6.10 Å². The highest BCUT2D eigenvalue weighted by molar-refractivity contribution is 5.88. The summed E-state index contributed by atoms with van der Waals surface area (Å²) in [5, 5.41) is 10.5. The molecule has 0 unspecified atom stereocenters. The molecule has 5 rings (SSSR count). The van der Waals surface area contributed by atoms with Crippen LogP contribution >= 0.6 is 0 Å². The summed E-state index contributed by atoms with van der Waals surface area (Å²) in [5.41, 5.74) is 6.25. The molecule has 1 amide bonds. The van der Waals surface area contributed by atoms with E-state index in [2.05, 4.69) is 43.0 Å². The zero-order valence-corrected chi connectivity index (χ0v) is 29.7. The lowest BCUT2D eigenvalue weighted by Crippen LogP contribution is -2.39. The van der Waals surface area contributed by atoms with Crippen LogP contribution in [0.3, 0.4) is 0 Å². The Hall–Kier alpha value is -3.78. The number of aliphatic carboxylic acids is 1. The summed E-state index contributed by atoms with van der Waals surface area (Å²) in [5.74, 6) is -1.15. The van der Waals surface area contributed by atoms with Crippen LogP contribution in [0.2, 0.25) is 0 Å². The molecule has 2 aromatic carbocycles. The van der Waals surface area contributed by atoms with E-state index in [0.717, 1.165) is 85.2 Å². The number of carboxylic acids is 1. The Balaban J connectivity index is 1.54. The molecule has 0 spiro atoms. The second-order valence-electron chi connectivity index (χ2n) is 15.5. The smallest absolute Gasteiger partial charge is 0.337 e. The average Bonchev–Trinajstić information content (AvgIpc) is 3.56. The Morgan fingerprint density at radius 3 is 2.02 bits per heavy atom. The van der Waals surface area contributed by atoms with Gasteiger partial charge in [-0.3, -0.25) is 9.78 Å². The highest BCUT2D eigenvalue weighted by atomic mass is 19.1. The maximum absolute atomic E-state index is 13.7. The molecule has 1 saturated heterocycles. The van der Waals surface area contributed by atoms with Gasteiger partial charge in [0.2, 0.25) is 5.91 Å². The summed E-state index contributed by atoms with van der Waals surface area (Å²) in [7, 11) is 0. The number of ether oxygens (including phenoxy) is 1. The standard InChI is InChI=1S/C40H52FN3O4/c1-26-33(35(43-22-20-40(6,7)21-23-43)34(27(2)42-26)36(38(46)47)48-39(3,4)5)30-16-12-28(13-17-30)24-44(37(45)31-10-8-9-11-31)25-29-14-18-32(41)19-15-29/h12-19,31,36H,8-11,20-25H2,1-7H3,(H,46,47)/t36-/m0/s1. The number of halogens is 1. The van der Waals surface area contributed by atoms with Crippen molar-refractivity contribution in [3.63, 3.8) is 0 Å². The van der Waals surface area contributed by atoms with Crippen molar-refractivity contribution < 1.29 is 23.8 Å². The Kier molecular flexibility index (Phi) is 10.6. The van der Waals surface area contributed by atoms with E-state index in [1.807, 2.05) is 39.5 Å². The van der Waals surface area contributed by atoms with Gasteiger partial charge < -0.3 is 19.6 Å². The van der Waals surface area contributed by atoms with Crippen molar-refractivity contribution in [3.05, 3.63) is 82.4 Å². The third-order valence-electron chi connectivity index (χ3n) is 9.89. The van der Waals surface area contributed by atoms with E-state index in [-0.39, 0.29) is 23.1 Å². The number of hydrogen-bond donors (Lipinski definition) is 1. The first-order valence-electron chi connectivity index (χ1n) is 17.4. The molecule has 258 valence electrons. The fourth-order valence-electron chi connectivity index (χ4n) is 7.21. The number of hydrogen-bond acceptors (Lipinski definition) is 5. The summed E-state index contributed by atoms with van der Waals surface area (Å²) in [6, 6.07) is 14.6. The third kappa shape index (κ3) is 8.43. The molecule has 1 aromatic heterocycles. The van der Waals surface area contributed by atoms with E-state index in [0.29, 0.717) is 24.3 Å². The summed E-state index contributed by atoms with van der Waals surface area (Å²) >= 11 is 0. The number of amides is 1. The molecule has 0 bridgehead atoms. The van der Waals surface area contributed by atoms with Gasteiger partial charge in [0.05, 0.1) is 11.3 Å². The number of benzene rings is 2. The van der Waals surface area contributed by atoms with Crippen LogP contribution in [-0.2, 0) is 27.4 Å². The molecule has 1 atom stereocenters. The monoisotopic (exact) mass is 657 g/mol. The lowest BCUT2D eigenvalue weighted by molar-refractivity contribution is -0.160. The van der Waals surface area contributed by atoms with Crippen LogP contribution in [0.1, 0.15) is 107 Å². The number of piperidine rings is 1. The second kappa shape index (κ2) is 14.4. The zero-order valence-electron chi connectivity index (χ0n) is 29.7. The van der Waals surface area contributed by atoms with Crippen molar-refractivity contribution in [1.29, 1.82) is 0 Å². The van der Waals surface area contributed by atoms with Crippen molar-refractivity contribution in [3.8, 4) is 11.1 Å². The summed E-state index contributed by atoms with van der Waals surface area (Å²) < 4.78 is 19.9. The molecule has 2 aliphatic rings. The number of anilines is 1. The average molecular weight is 658 g/mol. The van der Waals surface area contributed by atoms with Crippen molar-refractivity contribution in [2.45, 2.75) is 112 Å². The molecule has 1 aliphatic heterocycles. The number of aromatic nitrogens is 1. The Bertz CT molecular complexity index is 1600. The van der Waals surface area contributed by atoms with Crippen LogP contribution in [-0.4, -0.2) is 45.6 Å². The number of carboxylic acid groups (broad SMARTS) is 1. The minimum Gasteiger partial charge on any atom is -0.479 e. The minimum atomic E-state index is -1.18. The van der Waals surface area contributed by atoms with E-state index >= 15 is 0 Å². The van der Waals surface area contributed by atoms with Crippen molar-refractivity contribution in [1.82, 2.24) is 9.88 Å². The molecule has 1 saturated carbocycles. The molecule has 48 heavy (non-hydrogen) atoms. The number of aryl methyl sites for hydroxylation is 2. The summed E-state index contributed by atoms with van der Waals surface area (Å²) in [4.78, 5) is 35.6. The van der Waals surface area contributed by atoms with Gasteiger partial charge >= 0.3 is 5.97 Å². The Labute approximate surface area is 285 Å². The van der Waals surface area contributed by atoms with Gasteiger partial charge in [-0.2, -0.15) is 0 Å². The fourth-order valence-corrected chi connectivity index (χ4v) is 7.21. The topological polar surface area (TPSA) is 83.0 Å². The van der Waals surface area contributed by atoms with E-state index < -0.39 is 17.7 Å². The number of rotatable bonds is 10. The quantitative estimate of drug-likeness (QED) is 0.235. The van der Waals surface area contributed by atoms with Crippen LogP contribution in [0.4, 0.5) is 10.1 Å². The van der Waals surface area contributed by atoms with Crippen LogP contribution in [0.25, 0.3) is 11.1 Å². The fraction of sp³-hybridized carbons (Fsp3) is 0.525. The van der Waals surface area contributed by atoms with Gasteiger partial charge in [0, 0.05) is 54.6 Å². The number of pyridine rings is 1. The predicted molar refractivity (Wildman–Crippen MR) is 188 cm³/mol. The maximum atomic E-state index is 13.7. The van der Waals surface area contributed by atoms with E-state index in [1.165, 1.54) is 12.1 Å². The van der Waals surface area contributed by atoms with Crippen molar-refractivity contribution in [2.24, 2.45) is 11.3 Å². The first-order chi connectivity index (χ1) is 22.6. The first kappa shape index (κ1) is 35.5. The normalized spacial score (nSPS) is 17.4. The third-order valence-corrected chi connectivity index (χ3v) is 9.89. The molecule has 8 heteroatoms. The molecule has 3 aromatic rings. The Morgan fingerprint density at radius 1 is 0.958 bits per heavy atom. The lowest BCUT2D eigenvalue weighted by atomic mass is 9.81. The molecule has 1 aliphatic carbocycles. The highest BCUT2D eigenvalue weighted by Crippen LogP contribution is 2.45. The number of nitrogens with zero attached hydrogens (tertiary/aromatic N) is 3. The highest BCUT2D eigenvalue weighted by Gasteiger charge is 2.36. The van der Waals surface area contributed by atoms with Gasteiger partial charge in [-0.25, -0.2) is 9.18 Å². The van der Waals surface area contributed by atoms with Crippen LogP contribution < -0.4 is 4.90 Å². The largest absolute Gasteiger partial charge is 0.479 e. The maximum Gasteiger partial charge on any atom is 0.337 e. The van der Waals surface area contributed by atoms with Gasteiger partial charge in [-0.15, -0.1) is 0 Å². The van der Waals surface area contributed by atoms with E-state index in [1.54, 1.807) is 12.1 Å². The van der Waals surface area contributed by atoms with Crippen LogP contribution in [0.5, 0.6) is 0 Å². The summed E-state index contributed by atoms with van der Waals surface area (Å²) in [6.07, 6.45) is 4.76. The molecule has 2 fully saturated rings. The van der Waals surface area contributed by atoms with Crippen LogP contribution in [0.15, 0.2) is 48.5 Å². The molecular weight excluding hydrogens is 605 g/mol. The second-order valence-corrected chi connectivity index (χ2v) is 15.5. The molecular formula is C40H52FN3O4. The van der Waals surface area contributed by atoms with E-state index in [9.17, 15) is 19.1 Å². The zero-order chi connectivity index (χ0) is 34.8. The van der Waals surface area contributed by atoms with Crippen molar-refractivity contribution in [2.75, 3.05) is 18.0 Å². The van der Waals surface area contributed by atoms with Crippen molar-refractivity contribution >= 4 is 17.6 Å². The van der Waals surface area contributed by atoms with Gasteiger partial charge in [0.1, 0.15) is 5.82 Å². The first-order valence-corrected chi connectivity index (χ1v) is 17.4. The minimum absolute atomic E-state index is 0.0269. The van der Waals surface area contributed by atoms with Gasteiger partial charge in [0.25, 0.3) is 0 Å².